The molecular formula is C14H19N3O4. The maximum Gasteiger partial charge on any atom is 0.310 e. The maximum atomic E-state index is 11.1. The van der Waals surface area contributed by atoms with Gasteiger partial charge in [0.15, 0.2) is 5.75 Å². The van der Waals surface area contributed by atoms with Crippen LogP contribution in [0.1, 0.15) is 36.0 Å². The van der Waals surface area contributed by atoms with Gasteiger partial charge in [0.25, 0.3) is 0 Å². The van der Waals surface area contributed by atoms with Crippen molar-refractivity contribution in [2.24, 2.45) is 5.73 Å². The molecule has 1 aromatic rings. The van der Waals surface area contributed by atoms with E-state index in [2.05, 4.69) is 5.32 Å². The summed E-state index contributed by atoms with van der Waals surface area (Å²) in [5, 5.41) is 14.3. The summed E-state index contributed by atoms with van der Waals surface area (Å²) in [7, 11) is 0. The predicted octanol–water partition coefficient (Wildman–Crippen LogP) is 1.60. The minimum absolute atomic E-state index is 0.0899. The van der Waals surface area contributed by atoms with E-state index in [1.165, 1.54) is 31.0 Å². The minimum atomic E-state index is -0.635. The number of nitrogens with two attached hydrogens (primary N) is 1. The molecule has 114 valence electrons. The molecule has 1 aliphatic heterocycles. The quantitative estimate of drug-likeness (QED) is 0.612. The number of hydrogen-bond acceptors (Lipinski definition) is 5. The monoisotopic (exact) mass is 293 g/mol. The van der Waals surface area contributed by atoms with Crippen LogP contribution >= 0.6 is 0 Å². The molecule has 1 atom stereocenters. The smallest absolute Gasteiger partial charge is 0.310 e. The average Bonchev–Trinajstić information content (AvgIpc) is 2.48. The van der Waals surface area contributed by atoms with Crippen LogP contribution < -0.4 is 15.8 Å². The summed E-state index contributed by atoms with van der Waals surface area (Å²) in [6.07, 6.45) is 4.24. The Hall–Kier alpha value is -2.15. The van der Waals surface area contributed by atoms with Gasteiger partial charge in [-0.05, 0) is 31.9 Å². The van der Waals surface area contributed by atoms with Crippen LogP contribution in [0.5, 0.6) is 5.75 Å². The van der Waals surface area contributed by atoms with Gasteiger partial charge in [0.05, 0.1) is 11.5 Å². The van der Waals surface area contributed by atoms with Crippen molar-refractivity contribution >= 4 is 11.6 Å². The number of benzene rings is 1. The highest BCUT2D eigenvalue weighted by atomic mass is 16.6. The number of primary amides is 1. The standard InChI is InChI=1S/C14H19N3O4/c15-14(18)10-4-5-12(17(19)20)13(9-10)21-8-6-11-3-1-2-7-16-11/h4-5,9,11,16H,1-3,6-8H2,(H2,15,18). The SMILES string of the molecule is NC(=O)c1ccc([N+](=O)[O-])c(OCCC2CCCCN2)c1. The third-order valence-electron chi connectivity index (χ3n) is 3.58. The van der Waals surface area contributed by atoms with Crippen LogP contribution in [0.4, 0.5) is 5.69 Å². The van der Waals surface area contributed by atoms with E-state index < -0.39 is 10.8 Å². The first-order valence-corrected chi connectivity index (χ1v) is 7.02. The molecule has 1 heterocycles. The Morgan fingerprint density at radius 1 is 1.48 bits per heavy atom. The number of nitro benzene ring substituents is 1. The number of nitro groups is 1. The fraction of sp³-hybridized carbons (Fsp3) is 0.500. The first kappa shape index (κ1) is 15.2. The lowest BCUT2D eigenvalue weighted by Crippen LogP contribution is -2.35. The molecule has 1 unspecified atom stereocenters. The Morgan fingerprint density at radius 3 is 2.90 bits per heavy atom. The van der Waals surface area contributed by atoms with Crippen molar-refractivity contribution in [2.75, 3.05) is 13.2 Å². The number of nitrogens with one attached hydrogen (secondary N) is 1. The molecule has 3 N–H and O–H groups in total. The highest BCUT2D eigenvalue weighted by molar-refractivity contribution is 5.93. The summed E-state index contributed by atoms with van der Waals surface area (Å²) in [5.41, 5.74) is 5.22. The molecule has 0 radical (unpaired) electrons. The molecule has 1 fully saturated rings. The number of piperidine rings is 1. The van der Waals surface area contributed by atoms with Crippen molar-refractivity contribution in [3.8, 4) is 5.75 Å². The van der Waals surface area contributed by atoms with Crippen LogP contribution in [0.15, 0.2) is 18.2 Å². The van der Waals surface area contributed by atoms with E-state index in [0.717, 1.165) is 19.4 Å². The molecule has 1 aromatic carbocycles. The number of carbonyl (C=O) groups is 1. The van der Waals surface area contributed by atoms with Crippen molar-refractivity contribution < 1.29 is 14.5 Å². The highest BCUT2D eigenvalue weighted by Crippen LogP contribution is 2.28. The molecule has 0 saturated carbocycles. The van der Waals surface area contributed by atoms with E-state index in [1.54, 1.807) is 0 Å². The lowest BCUT2D eigenvalue weighted by atomic mass is 10.0. The van der Waals surface area contributed by atoms with Crippen LogP contribution in [0.25, 0.3) is 0 Å². The second-order valence-electron chi connectivity index (χ2n) is 5.09. The van der Waals surface area contributed by atoms with Crippen molar-refractivity contribution in [2.45, 2.75) is 31.7 Å². The summed E-state index contributed by atoms with van der Waals surface area (Å²) in [4.78, 5) is 21.6. The van der Waals surface area contributed by atoms with Crippen LogP contribution in [0.3, 0.4) is 0 Å². The number of rotatable bonds is 6. The fourth-order valence-electron chi connectivity index (χ4n) is 2.42. The normalized spacial score (nSPS) is 18.2. The van der Waals surface area contributed by atoms with Crippen molar-refractivity contribution in [1.82, 2.24) is 5.32 Å². The van der Waals surface area contributed by atoms with E-state index in [1.807, 2.05) is 0 Å². The van der Waals surface area contributed by atoms with Crippen LogP contribution in [0, 0.1) is 10.1 Å². The van der Waals surface area contributed by atoms with Gasteiger partial charge in [0, 0.05) is 23.7 Å². The highest BCUT2D eigenvalue weighted by Gasteiger charge is 2.18. The van der Waals surface area contributed by atoms with Gasteiger partial charge < -0.3 is 15.8 Å². The second kappa shape index (κ2) is 7.03. The molecule has 21 heavy (non-hydrogen) atoms. The van der Waals surface area contributed by atoms with Crippen molar-refractivity contribution in [1.29, 1.82) is 0 Å². The molecule has 7 heteroatoms. The van der Waals surface area contributed by atoms with E-state index in [0.29, 0.717) is 12.6 Å². The van der Waals surface area contributed by atoms with Gasteiger partial charge in [-0.1, -0.05) is 6.42 Å². The topological polar surface area (TPSA) is 107 Å². The zero-order chi connectivity index (χ0) is 15.2. The summed E-state index contributed by atoms with van der Waals surface area (Å²) in [6, 6.07) is 4.29. The van der Waals surface area contributed by atoms with Crippen LogP contribution in [0.2, 0.25) is 0 Å². The zero-order valence-corrected chi connectivity index (χ0v) is 11.7. The summed E-state index contributed by atoms with van der Waals surface area (Å²) in [6.45, 7) is 1.36. The van der Waals surface area contributed by atoms with Crippen molar-refractivity contribution in [3.63, 3.8) is 0 Å². The molecule has 1 amide bonds. The van der Waals surface area contributed by atoms with Gasteiger partial charge in [-0.25, -0.2) is 0 Å². The van der Waals surface area contributed by atoms with Crippen LogP contribution in [-0.2, 0) is 0 Å². The number of nitrogens with zero attached hydrogens (tertiary/aromatic N) is 1. The molecule has 0 bridgehead atoms. The average molecular weight is 293 g/mol. The summed E-state index contributed by atoms with van der Waals surface area (Å²) in [5.74, 6) is -0.546. The molecule has 0 spiro atoms. The third kappa shape index (κ3) is 4.16. The third-order valence-corrected chi connectivity index (χ3v) is 3.58. The Kier molecular flexibility index (Phi) is 5.10. The lowest BCUT2D eigenvalue weighted by Gasteiger charge is -2.23. The Balaban J connectivity index is 2.00. The largest absolute Gasteiger partial charge is 0.487 e. The Morgan fingerprint density at radius 2 is 2.29 bits per heavy atom. The maximum absolute atomic E-state index is 11.1. The van der Waals surface area contributed by atoms with E-state index in [4.69, 9.17) is 10.5 Å². The van der Waals surface area contributed by atoms with E-state index in [9.17, 15) is 14.9 Å². The van der Waals surface area contributed by atoms with Gasteiger partial charge in [-0.2, -0.15) is 0 Å². The number of carbonyl (C=O) groups excluding carboxylic acids is 1. The number of hydrogen-bond donors (Lipinski definition) is 2. The van der Waals surface area contributed by atoms with E-state index in [-0.39, 0.29) is 17.0 Å². The van der Waals surface area contributed by atoms with Crippen LogP contribution in [-0.4, -0.2) is 30.0 Å². The second-order valence-corrected chi connectivity index (χ2v) is 5.09. The van der Waals surface area contributed by atoms with Gasteiger partial charge in [-0.15, -0.1) is 0 Å². The van der Waals surface area contributed by atoms with Crippen molar-refractivity contribution in [3.05, 3.63) is 33.9 Å². The minimum Gasteiger partial charge on any atom is -0.487 e. The molecule has 0 aromatic heterocycles. The van der Waals surface area contributed by atoms with Gasteiger partial charge >= 0.3 is 5.69 Å². The zero-order valence-electron chi connectivity index (χ0n) is 11.7. The molecule has 1 aliphatic rings. The molecule has 0 aliphatic carbocycles. The lowest BCUT2D eigenvalue weighted by molar-refractivity contribution is -0.385. The molecule has 1 saturated heterocycles. The molecule has 7 nitrogen and oxygen atoms in total. The first-order chi connectivity index (χ1) is 10.1. The Bertz CT molecular complexity index is 527. The predicted molar refractivity (Wildman–Crippen MR) is 77.4 cm³/mol. The van der Waals surface area contributed by atoms with E-state index >= 15 is 0 Å². The molecular weight excluding hydrogens is 274 g/mol. The van der Waals surface area contributed by atoms with Gasteiger partial charge in [0.1, 0.15) is 0 Å². The summed E-state index contributed by atoms with van der Waals surface area (Å²) < 4.78 is 5.50. The molecule has 2 rings (SSSR count). The fourth-order valence-corrected chi connectivity index (χ4v) is 2.42. The Labute approximate surface area is 122 Å². The number of amides is 1. The number of ether oxygens (including phenoxy) is 1. The van der Waals surface area contributed by atoms with Gasteiger partial charge in [-0.3, -0.25) is 14.9 Å². The summed E-state index contributed by atoms with van der Waals surface area (Å²) >= 11 is 0. The van der Waals surface area contributed by atoms with Gasteiger partial charge in [0.2, 0.25) is 5.91 Å². The first-order valence-electron chi connectivity index (χ1n) is 7.02.